The van der Waals surface area contributed by atoms with Crippen LogP contribution >= 0.6 is 0 Å². The number of nitrogens with one attached hydrogen (secondary N) is 2. The van der Waals surface area contributed by atoms with Crippen molar-refractivity contribution in [1.82, 2.24) is 15.3 Å². The summed E-state index contributed by atoms with van der Waals surface area (Å²) >= 11 is 0. The van der Waals surface area contributed by atoms with Crippen LogP contribution in [0, 0.1) is 11.8 Å². The topological polar surface area (TPSA) is 60.5 Å². The van der Waals surface area contributed by atoms with Crippen LogP contribution in [0.25, 0.3) is 0 Å². The van der Waals surface area contributed by atoms with Crippen LogP contribution in [0.15, 0.2) is 164 Å². The molecule has 2 N–H and O–H groups in total. The minimum absolute atomic E-state index is 0.0787. The van der Waals surface area contributed by atoms with Gasteiger partial charge in [-0.05, 0) is 84.0 Å². The molecule has 1 fully saturated rings. The van der Waals surface area contributed by atoms with Crippen molar-refractivity contribution in [2.75, 3.05) is 30.5 Å². The quantitative estimate of drug-likeness (QED) is 0.152. The molecule has 0 aliphatic carbocycles. The van der Waals surface area contributed by atoms with Gasteiger partial charge >= 0.3 is 0 Å². The van der Waals surface area contributed by atoms with E-state index in [1.165, 1.54) is 5.56 Å². The van der Waals surface area contributed by atoms with Gasteiger partial charge in [0.05, 0.1) is 17.6 Å². The molecule has 8 rings (SSSR count). The van der Waals surface area contributed by atoms with Crippen molar-refractivity contribution < 1.29 is 4.79 Å². The van der Waals surface area contributed by atoms with Gasteiger partial charge in [-0.1, -0.05) is 121 Å². The Morgan fingerprint density at radius 3 is 1.90 bits per heavy atom. The molecule has 2 aliphatic heterocycles. The Hall–Kier alpha value is -5.56. The molecule has 3 unspecified atom stereocenters. The molecule has 0 saturated carbocycles. The predicted octanol–water partition coefficient (Wildman–Crippen LogP) is 8.24. The van der Waals surface area contributed by atoms with Crippen LogP contribution in [0.5, 0.6) is 0 Å². The first kappa shape index (κ1) is 32.6. The first-order chi connectivity index (χ1) is 25.1. The number of piperidine rings is 1. The van der Waals surface area contributed by atoms with E-state index in [0.29, 0.717) is 5.92 Å². The lowest BCUT2D eigenvalue weighted by atomic mass is 9.76. The minimum Gasteiger partial charge on any atom is -0.326 e. The van der Waals surface area contributed by atoms with Gasteiger partial charge in [0, 0.05) is 36.7 Å². The van der Waals surface area contributed by atoms with Crippen molar-refractivity contribution in [3.63, 3.8) is 0 Å². The van der Waals surface area contributed by atoms with Crippen molar-refractivity contribution in [1.29, 1.82) is 0 Å². The van der Waals surface area contributed by atoms with E-state index in [1.807, 2.05) is 12.4 Å². The summed E-state index contributed by atoms with van der Waals surface area (Å²) in [6.07, 6.45) is 5.54. The maximum atomic E-state index is 14.0. The highest BCUT2D eigenvalue weighted by Gasteiger charge is 2.47. The van der Waals surface area contributed by atoms with Crippen LogP contribution in [-0.4, -0.2) is 35.9 Å². The molecular weight excluding hydrogens is 627 g/mol. The average Bonchev–Trinajstić information content (AvgIpc) is 3.56. The fourth-order valence-corrected chi connectivity index (χ4v) is 8.32. The molecular formula is C45H43N5O. The molecule has 5 aromatic carbocycles. The Morgan fingerprint density at radius 2 is 1.31 bits per heavy atom. The van der Waals surface area contributed by atoms with Gasteiger partial charge in [-0.25, -0.2) is 5.43 Å². The Morgan fingerprint density at radius 1 is 0.745 bits per heavy atom. The number of pyridine rings is 1. The van der Waals surface area contributed by atoms with Crippen LogP contribution in [0.3, 0.4) is 0 Å². The van der Waals surface area contributed by atoms with E-state index < -0.39 is 5.54 Å². The van der Waals surface area contributed by atoms with E-state index >= 15 is 0 Å². The SMILES string of the molecule is CN1CC(Cc2ccccc2)CC(C(=O)Nc2ccc3c(c2)C(c2ccncc2)NN3C(c2ccccc2)(c2ccccc2)c2ccccc2)C1. The molecule has 6 aromatic rings. The van der Waals surface area contributed by atoms with Gasteiger partial charge in [-0.3, -0.25) is 14.8 Å². The third kappa shape index (κ3) is 6.45. The van der Waals surface area contributed by atoms with Crippen LogP contribution in [0.4, 0.5) is 11.4 Å². The highest BCUT2D eigenvalue weighted by Crippen LogP contribution is 2.50. The number of anilines is 2. The molecule has 0 spiro atoms. The number of hydrogen-bond acceptors (Lipinski definition) is 5. The zero-order chi connectivity index (χ0) is 34.6. The Labute approximate surface area is 300 Å². The Balaban J connectivity index is 1.18. The zero-order valence-corrected chi connectivity index (χ0v) is 28.9. The number of nitrogens with zero attached hydrogens (tertiary/aromatic N) is 3. The fourth-order valence-electron chi connectivity index (χ4n) is 8.32. The summed E-state index contributed by atoms with van der Waals surface area (Å²) in [4.78, 5) is 20.6. The molecule has 1 aromatic heterocycles. The molecule has 0 bridgehead atoms. The second-order valence-electron chi connectivity index (χ2n) is 14.0. The van der Waals surface area contributed by atoms with E-state index in [0.717, 1.165) is 65.1 Å². The monoisotopic (exact) mass is 669 g/mol. The number of likely N-dealkylation sites (tertiary alicyclic amines) is 1. The number of amides is 1. The van der Waals surface area contributed by atoms with Gasteiger partial charge in [0.25, 0.3) is 0 Å². The number of fused-ring (bicyclic) bond motifs is 1. The van der Waals surface area contributed by atoms with Crippen LogP contribution in [0.2, 0.25) is 0 Å². The smallest absolute Gasteiger partial charge is 0.228 e. The van der Waals surface area contributed by atoms with E-state index in [2.05, 4.69) is 184 Å². The summed E-state index contributed by atoms with van der Waals surface area (Å²) in [5.41, 5.74) is 12.0. The van der Waals surface area contributed by atoms with E-state index in [4.69, 9.17) is 0 Å². The Kier molecular flexibility index (Phi) is 9.18. The second-order valence-corrected chi connectivity index (χ2v) is 14.0. The molecule has 2 aliphatic rings. The number of benzene rings is 5. The molecule has 0 radical (unpaired) electrons. The summed E-state index contributed by atoms with van der Waals surface area (Å²) in [6.45, 7) is 1.75. The molecule has 3 heterocycles. The number of rotatable bonds is 9. The molecule has 6 heteroatoms. The van der Waals surface area contributed by atoms with Gasteiger partial charge in [0.2, 0.25) is 5.91 Å². The summed E-state index contributed by atoms with van der Waals surface area (Å²) in [5.74, 6) is 0.422. The number of hydrazine groups is 1. The molecule has 1 saturated heterocycles. The van der Waals surface area contributed by atoms with Gasteiger partial charge in [-0.2, -0.15) is 0 Å². The fraction of sp³-hybridized carbons (Fsp3) is 0.200. The van der Waals surface area contributed by atoms with Crippen LogP contribution in [-0.2, 0) is 16.8 Å². The lowest BCUT2D eigenvalue weighted by Crippen LogP contribution is -2.53. The van der Waals surface area contributed by atoms with Gasteiger partial charge in [0.15, 0.2) is 0 Å². The molecule has 254 valence electrons. The number of aromatic nitrogens is 1. The molecule has 3 atom stereocenters. The van der Waals surface area contributed by atoms with E-state index in [9.17, 15) is 4.79 Å². The summed E-state index contributed by atoms with van der Waals surface area (Å²) in [7, 11) is 2.13. The number of carbonyl (C=O) groups excluding carboxylic acids is 1. The molecule has 51 heavy (non-hydrogen) atoms. The van der Waals surface area contributed by atoms with E-state index in [-0.39, 0.29) is 17.9 Å². The highest BCUT2D eigenvalue weighted by atomic mass is 16.1. The minimum atomic E-state index is -0.717. The largest absolute Gasteiger partial charge is 0.326 e. The van der Waals surface area contributed by atoms with E-state index in [1.54, 1.807) is 0 Å². The summed E-state index contributed by atoms with van der Waals surface area (Å²) in [5, 5.41) is 5.68. The van der Waals surface area contributed by atoms with Gasteiger partial charge in [0.1, 0.15) is 5.54 Å². The van der Waals surface area contributed by atoms with Gasteiger partial charge in [-0.15, -0.1) is 0 Å². The summed E-state index contributed by atoms with van der Waals surface area (Å²) < 4.78 is 0. The van der Waals surface area contributed by atoms with Crippen molar-refractivity contribution in [3.8, 4) is 0 Å². The number of carbonyl (C=O) groups is 1. The van der Waals surface area contributed by atoms with Gasteiger partial charge < -0.3 is 10.2 Å². The van der Waals surface area contributed by atoms with Crippen molar-refractivity contribution in [2.24, 2.45) is 11.8 Å². The predicted molar refractivity (Wildman–Crippen MR) is 205 cm³/mol. The first-order valence-corrected chi connectivity index (χ1v) is 17.9. The van der Waals surface area contributed by atoms with Crippen molar-refractivity contribution in [3.05, 3.63) is 197 Å². The first-order valence-electron chi connectivity index (χ1n) is 17.9. The summed E-state index contributed by atoms with van der Waals surface area (Å²) in [6, 6.07) is 53.1. The molecule has 6 nitrogen and oxygen atoms in total. The van der Waals surface area contributed by atoms with Crippen LogP contribution < -0.4 is 15.8 Å². The maximum absolute atomic E-state index is 14.0. The normalized spacial score (nSPS) is 19.0. The molecule has 1 amide bonds. The zero-order valence-electron chi connectivity index (χ0n) is 28.9. The van der Waals surface area contributed by atoms with Crippen molar-refractivity contribution in [2.45, 2.75) is 24.4 Å². The average molecular weight is 670 g/mol. The third-order valence-electron chi connectivity index (χ3n) is 10.5. The second kappa shape index (κ2) is 14.4. The standard InChI is InChI=1S/C45H43N5O/c1-49-31-34(28-33-14-6-2-7-15-33)29-36(32-49)44(51)47-40-22-23-42-41(30-40)43(35-24-26-46-27-25-35)48-50(42)45(37-16-8-3-9-17-37,38-18-10-4-11-19-38)39-20-12-5-13-21-39/h2-27,30,34,36,43,48H,28-29,31-32H2,1H3,(H,47,51). The maximum Gasteiger partial charge on any atom is 0.228 e. The Bertz CT molecular complexity index is 1960. The lowest BCUT2D eigenvalue weighted by molar-refractivity contribution is -0.122. The lowest BCUT2D eigenvalue weighted by Gasteiger charge is -2.45. The van der Waals surface area contributed by atoms with Crippen LogP contribution in [0.1, 0.15) is 45.8 Å². The van der Waals surface area contributed by atoms with Crippen molar-refractivity contribution >= 4 is 17.3 Å². The third-order valence-corrected chi connectivity index (χ3v) is 10.5. The number of hydrogen-bond donors (Lipinski definition) is 2. The highest BCUT2D eigenvalue weighted by molar-refractivity contribution is 5.93.